The van der Waals surface area contributed by atoms with E-state index >= 15 is 0 Å². The zero-order chi connectivity index (χ0) is 11.0. The Balaban J connectivity index is 0.00000196. The SMILES string of the molecule is CC(C)(C)c1ccc(P(=O)([O-])[O-])cc1.[Ca+2]. The van der Waals surface area contributed by atoms with Crippen molar-refractivity contribution in [1.29, 1.82) is 0 Å². The third-order valence-electron chi connectivity index (χ3n) is 2.05. The maximum Gasteiger partial charge on any atom is 2.00 e. The van der Waals surface area contributed by atoms with Gasteiger partial charge in [0.1, 0.15) is 0 Å². The molecule has 0 unspecified atom stereocenters. The van der Waals surface area contributed by atoms with Gasteiger partial charge in [0.05, 0.1) is 0 Å². The van der Waals surface area contributed by atoms with Gasteiger partial charge in [-0.25, -0.2) is 0 Å². The Morgan fingerprint density at radius 1 is 1.07 bits per heavy atom. The third kappa shape index (κ3) is 4.56. The first-order valence-corrected chi connectivity index (χ1v) is 5.89. The standard InChI is InChI=1S/C10H15O3P.Ca/c1-10(2,3)8-4-6-9(7-5-8)14(11,12)13;/h4-7H,1-3H3,(H2,11,12,13);/q;+2/p-2. The van der Waals surface area contributed by atoms with E-state index in [1.807, 2.05) is 20.8 Å². The Hall–Kier alpha value is 0.630. The van der Waals surface area contributed by atoms with Gasteiger partial charge in [-0.05, 0) is 23.9 Å². The molecule has 0 aliphatic heterocycles. The summed E-state index contributed by atoms with van der Waals surface area (Å²) in [6, 6.07) is 6.08. The summed E-state index contributed by atoms with van der Waals surface area (Å²) in [6.45, 7) is 6.07. The Labute approximate surface area is 120 Å². The molecule has 0 atom stereocenters. The molecule has 0 N–H and O–H groups in total. The van der Waals surface area contributed by atoms with Gasteiger partial charge in [-0.3, -0.25) is 0 Å². The van der Waals surface area contributed by atoms with Crippen molar-refractivity contribution in [3.8, 4) is 0 Å². The van der Waals surface area contributed by atoms with E-state index in [9.17, 15) is 14.4 Å². The van der Waals surface area contributed by atoms with Crippen LogP contribution in [-0.4, -0.2) is 37.7 Å². The minimum absolute atomic E-state index is 0. The van der Waals surface area contributed by atoms with E-state index in [4.69, 9.17) is 0 Å². The van der Waals surface area contributed by atoms with Crippen LogP contribution in [0.5, 0.6) is 0 Å². The van der Waals surface area contributed by atoms with Gasteiger partial charge in [-0.15, -0.1) is 0 Å². The summed E-state index contributed by atoms with van der Waals surface area (Å²) in [7, 11) is -4.59. The predicted octanol–water partition coefficient (Wildman–Crippen LogP) is 0.142. The van der Waals surface area contributed by atoms with Crippen LogP contribution in [0.2, 0.25) is 0 Å². The zero-order valence-electron chi connectivity index (χ0n) is 9.19. The van der Waals surface area contributed by atoms with Crippen molar-refractivity contribution in [3.05, 3.63) is 29.8 Å². The molecule has 0 saturated heterocycles. The number of benzene rings is 1. The first kappa shape index (κ1) is 15.6. The number of hydrogen-bond donors (Lipinski definition) is 0. The molecule has 0 amide bonds. The van der Waals surface area contributed by atoms with Crippen LogP contribution in [0.4, 0.5) is 0 Å². The Morgan fingerprint density at radius 2 is 1.47 bits per heavy atom. The monoisotopic (exact) mass is 252 g/mol. The van der Waals surface area contributed by atoms with Gasteiger partial charge in [0.2, 0.25) is 0 Å². The molecule has 0 spiro atoms. The fourth-order valence-corrected chi connectivity index (χ4v) is 1.66. The Morgan fingerprint density at radius 3 is 1.73 bits per heavy atom. The summed E-state index contributed by atoms with van der Waals surface area (Å²) in [6.07, 6.45) is 0. The van der Waals surface area contributed by atoms with Crippen molar-refractivity contribution >= 4 is 50.6 Å². The fraction of sp³-hybridized carbons (Fsp3) is 0.400. The summed E-state index contributed by atoms with van der Waals surface area (Å²) in [5, 5.41) is -0.148. The van der Waals surface area contributed by atoms with Crippen molar-refractivity contribution in [2.24, 2.45) is 0 Å². The van der Waals surface area contributed by atoms with Crippen molar-refractivity contribution < 1.29 is 14.4 Å². The molecule has 0 aromatic heterocycles. The first-order chi connectivity index (χ1) is 6.21. The smallest absolute Gasteiger partial charge is 0.807 e. The van der Waals surface area contributed by atoms with Crippen LogP contribution in [0.15, 0.2) is 24.3 Å². The van der Waals surface area contributed by atoms with E-state index in [1.54, 1.807) is 12.1 Å². The third-order valence-corrected chi connectivity index (χ3v) is 2.98. The summed E-state index contributed by atoms with van der Waals surface area (Å²) in [4.78, 5) is 21.3. The van der Waals surface area contributed by atoms with Crippen LogP contribution >= 0.6 is 7.60 Å². The maximum absolute atomic E-state index is 10.7. The molecule has 0 bridgehead atoms. The van der Waals surface area contributed by atoms with Gasteiger partial charge >= 0.3 is 37.7 Å². The van der Waals surface area contributed by atoms with Crippen LogP contribution in [-0.2, 0) is 9.98 Å². The average Bonchev–Trinajstić information content (AvgIpc) is 2.01. The minimum Gasteiger partial charge on any atom is -0.807 e. The largest absolute Gasteiger partial charge is 2.00 e. The minimum atomic E-state index is -4.59. The molecule has 0 fully saturated rings. The number of rotatable bonds is 1. The predicted molar refractivity (Wildman–Crippen MR) is 58.1 cm³/mol. The van der Waals surface area contributed by atoms with Crippen LogP contribution in [0.25, 0.3) is 0 Å². The Kier molecular flexibility index (Phi) is 5.53. The molecule has 3 nitrogen and oxygen atoms in total. The topological polar surface area (TPSA) is 63.2 Å². The van der Waals surface area contributed by atoms with E-state index in [-0.39, 0.29) is 48.5 Å². The molecule has 0 saturated carbocycles. The van der Waals surface area contributed by atoms with Crippen molar-refractivity contribution in [3.63, 3.8) is 0 Å². The number of hydrogen-bond acceptors (Lipinski definition) is 3. The average molecular weight is 252 g/mol. The van der Waals surface area contributed by atoms with Gasteiger partial charge < -0.3 is 14.4 Å². The Bertz CT molecular complexity index is 361. The molecule has 15 heavy (non-hydrogen) atoms. The van der Waals surface area contributed by atoms with Crippen molar-refractivity contribution in [1.82, 2.24) is 0 Å². The van der Waals surface area contributed by atoms with E-state index in [2.05, 4.69) is 0 Å². The molecule has 1 aromatic carbocycles. The van der Waals surface area contributed by atoms with Crippen molar-refractivity contribution in [2.45, 2.75) is 26.2 Å². The first-order valence-electron chi connectivity index (χ1n) is 4.34. The second-order valence-electron chi connectivity index (χ2n) is 4.29. The van der Waals surface area contributed by atoms with E-state index < -0.39 is 7.60 Å². The summed E-state index contributed by atoms with van der Waals surface area (Å²) < 4.78 is 10.7. The summed E-state index contributed by atoms with van der Waals surface area (Å²) in [5.74, 6) is 0. The quantitative estimate of drug-likeness (QED) is 0.527. The molecule has 1 rings (SSSR count). The van der Waals surface area contributed by atoms with Gasteiger partial charge in [0, 0.05) is 0 Å². The normalized spacial score (nSPS) is 12.1. The summed E-state index contributed by atoms with van der Waals surface area (Å²) >= 11 is 0. The molecule has 0 heterocycles. The summed E-state index contributed by atoms with van der Waals surface area (Å²) in [5.41, 5.74) is 0.976. The van der Waals surface area contributed by atoms with Gasteiger partial charge in [0.25, 0.3) is 0 Å². The van der Waals surface area contributed by atoms with E-state index in [0.29, 0.717) is 0 Å². The second-order valence-corrected chi connectivity index (χ2v) is 5.81. The van der Waals surface area contributed by atoms with Gasteiger partial charge in [-0.1, -0.05) is 45.0 Å². The second kappa shape index (κ2) is 5.31. The maximum atomic E-state index is 10.7. The van der Waals surface area contributed by atoms with Crippen molar-refractivity contribution in [2.75, 3.05) is 0 Å². The van der Waals surface area contributed by atoms with Gasteiger partial charge in [0.15, 0.2) is 0 Å². The van der Waals surface area contributed by atoms with E-state index in [1.165, 1.54) is 12.1 Å². The molecule has 0 radical (unpaired) electrons. The zero-order valence-corrected chi connectivity index (χ0v) is 12.3. The molecule has 78 valence electrons. The van der Waals surface area contributed by atoms with Crippen LogP contribution in [0.1, 0.15) is 26.3 Å². The molecule has 1 aromatic rings. The van der Waals surface area contributed by atoms with E-state index in [0.717, 1.165) is 5.56 Å². The molecular weight excluding hydrogens is 239 g/mol. The molecule has 0 aliphatic rings. The fourth-order valence-electron chi connectivity index (χ4n) is 1.14. The van der Waals surface area contributed by atoms with Crippen LogP contribution in [0.3, 0.4) is 0 Å². The molecule has 0 aliphatic carbocycles. The van der Waals surface area contributed by atoms with Crippen LogP contribution < -0.4 is 15.1 Å². The van der Waals surface area contributed by atoms with Gasteiger partial charge in [-0.2, -0.15) is 0 Å². The molecular formula is C10H13CaO3P. The van der Waals surface area contributed by atoms with Crippen LogP contribution in [0, 0.1) is 0 Å². The molecule has 5 heteroatoms.